The number of hydrogen-bond acceptors (Lipinski definition) is 6. The predicted molar refractivity (Wildman–Crippen MR) is 131 cm³/mol. The molecule has 1 saturated carbocycles. The first-order valence-electron chi connectivity index (χ1n) is 10.7. The van der Waals surface area contributed by atoms with Crippen molar-refractivity contribution in [3.8, 4) is 17.2 Å². The van der Waals surface area contributed by atoms with E-state index < -0.39 is 0 Å². The normalized spacial score (nSPS) is 13.5. The number of amides is 1. The van der Waals surface area contributed by atoms with Gasteiger partial charge < -0.3 is 29.7 Å². The molecule has 0 radical (unpaired) electrons. The van der Waals surface area contributed by atoms with Gasteiger partial charge in [-0.2, -0.15) is 0 Å². The Morgan fingerprint density at radius 3 is 2.38 bits per heavy atom. The Morgan fingerprint density at radius 1 is 1.12 bits per heavy atom. The number of thiocarbonyl (C=S) groups is 1. The van der Waals surface area contributed by atoms with E-state index in [0.29, 0.717) is 41.5 Å². The van der Waals surface area contributed by atoms with E-state index in [1.807, 2.05) is 29.6 Å². The third-order valence-corrected chi connectivity index (χ3v) is 6.80. The second-order valence-corrected chi connectivity index (χ2v) is 9.03. The van der Waals surface area contributed by atoms with Crippen molar-refractivity contribution in [1.29, 1.82) is 0 Å². The van der Waals surface area contributed by atoms with Gasteiger partial charge in [-0.15, -0.1) is 11.3 Å². The Labute approximate surface area is 199 Å². The first-order chi connectivity index (χ1) is 15.5. The van der Waals surface area contributed by atoms with Gasteiger partial charge in [0.25, 0.3) is 0 Å². The largest absolute Gasteiger partial charge is 0.493 e. The van der Waals surface area contributed by atoms with Crippen LogP contribution in [-0.2, 0) is 17.9 Å². The number of hydrogen-bond donors (Lipinski definition) is 2. The van der Waals surface area contributed by atoms with Gasteiger partial charge >= 0.3 is 0 Å². The highest BCUT2D eigenvalue weighted by Gasteiger charge is 2.26. The summed E-state index contributed by atoms with van der Waals surface area (Å²) in [5.74, 6) is 1.70. The van der Waals surface area contributed by atoms with E-state index in [2.05, 4.69) is 15.5 Å². The monoisotopic (exact) mass is 477 g/mol. The number of carbonyl (C=O) groups is 1. The third-order valence-electron chi connectivity index (χ3n) is 5.54. The lowest BCUT2D eigenvalue weighted by atomic mass is 10.1. The molecule has 174 valence electrons. The average Bonchev–Trinajstić information content (AvgIpc) is 3.53. The van der Waals surface area contributed by atoms with Crippen molar-refractivity contribution in [3.63, 3.8) is 0 Å². The van der Waals surface area contributed by atoms with Crippen molar-refractivity contribution in [3.05, 3.63) is 40.1 Å². The van der Waals surface area contributed by atoms with Crippen molar-refractivity contribution in [2.45, 2.75) is 44.8 Å². The Morgan fingerprint density at radius 2 is 1.81 bits per heavy atom. The molecule has 0 aliphatic heterocycles. The molecule has 32 heavy (non-hydrogen) atoms. The lowest BCUT2D eigenvalue weighted by molar-refractivity contribution is -0.120. The molecule has 1 aromatic heterocycles. The minimum atomic E-state index is -0.0834. The van der Waals surface area contributed by atoms with E-state index in [4.69, 9.17) is 26.4 Å². The molecule has 0 unspecified atom stereocenters. The number of thiophene rings is 1. The quantitative estimate of drug-likeness (QED) is 0.506. The van der Waals surface area contributed by atoms with Gasteiger partial charge in [-0.25, -0.2) is 0 Å². The fourth-order valence-electron chi connectivity index (χ4n) is 3.92. The number of nitrogens with zero attached hydrogens (tertiary/aromatic N) is 1. The molecule has 9 heteroatoms. The summed E-state index contributed by atoms with van der Waals surface area (Å²) >= 11 is 7.34. The van der Waals surface area contributed by atoms with E-state index in [1.54, 1.807) is 32.7 Å². The van der Waals surface area contributed by atoms with Gasteiger partial charge in [-0.1, -0.05) is 18.9 Å². The molecule has 2 aromatic rings. The minimum absolute atomic E-state index is 0.0834. The summed E-state index contributed by atoms with van der Waals surface area (Å²) in [6.45, 7) is 1.26. The molecule has 1 aliphatic carbocycles. The van der Waals surface area contributed by atoms with Gasteiger partial charge in [0.05, 0.1) is 34.4 Å². The van der Waals surface area contributed by atoms with Crippen molar-refractivity contribution in [2.75, 3.05) is 27.9 Å². The molecule has 1 heterocycles. The molecule has 1 fully saturated rings. The van der Waals surface area contributed by atoms with Crippen molar-refractivity contribution < 1.29 is 19.0 Å². The summed E-state index contributed by atoms with van der Waals surface area (Å²) in [5, 5.41) is 8.65. The number of carbonyl (C=O) groups excluding carboxylic acids is 1. The Kier molecular flexibility index (Phi) is 8.99. The number of nitrogens with one attached hydrogen (secondary N) is 2. The fraction of sp³-hybridized carbons (Fsp3) is 0.478. The average molecular weight is 478 g/mol. The molecular weight excluding hydrogens is 446 g/mol. The Balaban J connectivity index is 1.67. The maximum Gasteiger partial charge on any atom is 0.239 e. The van der Waals surface area contributed by atoms with Crippen molar-refractivity contribution in [1.82, 2.24) is 15.5 Å². The first kappa shape index (κ1) is 24.1. The van der Waals surface area contributed by atoms with Gasteiger partial charge in [-0.3, -0.25) is 4.79 Å². The zero-order chi connectivity index (χ0) is 22.9. The van der Waals surface area contributed by atoms with E-state index in [0.717, 1.165) is 23.3 Å². The van der Waals surface area contributed by atoms with Gasteiger partial charge in [-0.05, 0) is 54.2 Å². The van der Waals surface area contributed by atoms with Gasteiger partial charge in [0.15, 0.2) is 16.6 Å². The highest BCUT2D eigenvalue weighted by molar-refractivity contribution is 7.80. The second kappa shape index (κ2) is 11.9. The fourth-order valence-corrected chi connectivity index (χ4v) is 4.86. The molecular formula is C23H31N3O4S2. The van der Waals surface area contributed by atoms with E-state index in [9.17, 15) is 4.79 Å². The second-order valence-electron chi connectivity index (χ2n) is 7.61. The molecule has 1 aliphatic rings. The van der Waals surface area contributed by atoms with Gasteiger partial charge in [0.2, 0.25) is 11.7 Å². The summed E-state index contributed by atoms with van der Waals surface area (Å²) in [6, 6.07) is 8.20. The maximum atomic E-state index is 12.3. The van der Waals surface area contributed by atoms with Crippen LogP contribution in [-0.4, -0.2) is 49.8 Å². The predicted octanol–water partition coefficient (Wildman–Crippen LogP) is 3.71. The number of methoxy groups -OCH3 is 3. The van der Waals surface area contributed by atoms with Crippen LogP contribution in [0.2, 0.25) is 0 Å². The lowest BCUT2D eigenvalue weighted by Gasteiger charge is -2.32. The number of rotatable bonds is 10. The van der Waals surface area contributed by atoms with E-state index in [1.165, 1.54) is 12.8 Å². The maximum absolute atomic E-state index is 12.3. The van der Waals surface area contributed by atoms with Crippen LogP contribution in [0.5, 0.6) is 17.2 Å². The summed E-state index contributed by atoms with van der Waals surface area (Å²) < 4.78 is 16.4. The third kappa shape index (κ3) is 6.26. The molecule has 0 spiro atoms. The van der Waals surface area contributed by atoms with Crippen LogP contribution in [0, 0.1) is 0 Å². The molecule has 3 rings (SSSR count). The summed E-state index contributed by atoms with van der Waals surface area (Å²) in [7, 11) is 4.81. The molecule has 0 atom stereocenters. The van der Waals surface area contributed by atoms with Crippen LogP contribution >= 0.6 is 23.6 Å². The zero-order valence-corrected chi connectivity index (χ0v) is 20.4. The first-order valence-corrected chi connectivity index (χ1v) is 12.0. The smallest absolute Gasteiger partial charge is 0.239 e. The van der Waals surface area contributed by atoms with E-state index in [-0.39, 0.29) is 12.5 Å². The van der Waals surface area contributed by atoms with Crippen LogP contribution in [0.25, 0.3) is 0 Å². The highest BCUT2D eigenvalue weighted by Crippen LogP contribution is 2.39. The molecule has 0 bridgehead atoms. The summed E-state index contributed by atoms with van der Waals surface area (Å²) in [4.78, 5) is 15.6. The van der Waals surface area contributed by atoms with Crippen LogP contribution in [0.3, 0.4) is 0 Å². The van der Waals surface area contributed by atoms with Crippen LogP contribution in [0.1, 0.15) is 36.1 Å². The summed E-state index contributed by atoms with van der Waals surface area (Å²) in [5.41, 5.74) is 0.998. The molecule has 1 aromatic carbocycles. The van der Waals surface area contributed by atoms with Crippen molar-refractivity contribution in [2.24, 2.45) is 0 Å². The Bertz CT molecular complexity index is 874. The zero-order valence-electron chi connectivity index (χ0n) is 18.8. The van der Waals surface area contributed by atoms with Crippen LogP contribution in [0.15, 0.2) is 29.6 Å². The highest BCUT2D eigenvalue weighted by atomic mass is 32.1. The minimum Gasteiger partial charge on any atom is -0.493 e. The van der Waals surface area contributed by atoms with Gasteiger partial charge in [0.1, 0.15) is 0 Å². The molecule has 2 N–H and O–H groups in total. The molecule has 1 amide bonds. The van der Waals surface area contributed by atoms with Crippen molar-refractivity contribution >= 4 is 34.6 Å². The Hall–Kier alpha value is -2.52. The van der Waals surface area contributed by atoms with Crippen LogP contribution < -0.4 is 24.8 Å². The number of benzene rings is 1. The number of ether oxygens (including phenoxy) is 3. The summed E-state index contributed by atoms with van der Waals surface area (Å²) in [6.07, 6.45) is 4.52. The SMILES string of the molecule is COc1cc(CN(C(=S)NCC(=O)NCc2cccs2)C2CCCC2)cc(OC)c1OC. The molecule has 0 saturated heterocycles. The molecule has 7 nitrogen and oxygen atoms in total. The lowest BCUT2D eigenvalue weighted by Crippen LogP contribution is -2.47. The van der Waals surface area contributed by atoms with Crippen LogP contribution in [0.4, 0.5) is 0 Å². The topological polar surface area (TPSA) is 72.1 Å². The standard InChI is InChI=1S/C23H31N3O4S2/c1-28-19-11-16(12-20(29-2)22(19)30-3)15-26(17-7-4-5-8-17)23(31)25-14-21(27)24-13-18-9-6-10-32-18/h6,9-12,17H,4-5,7-8,13-15H2,1-3H3,(H,24,27)(H,25,31). The van der Waals surface area contributed by atoms with E-state index >= 15 is 0 Å². The van der Waals surface area contributed by atoms with Gasteiger partial charge in [0, 0.05) is 17.5 Å².